The first-order valence-corrected chi connectivity index (χ1v) is 15.7. The first-order chi connectivity index (χ1) is 17.2. The third-order valence-electron chi connectivity index (χ3n) is 7.75. The van der Waals surface area contributed by atoms with E-state index in [0.29, 0.717) is 24.3 Å². The van der Waals surface area contributed by atoms with E-state index in [1.807, 2.05) is 13.0 Å². The van der Waals surface area contributed by atoms with Crippen LogP contribution in [0.4, 0.5) is 4.39 Å². The van der Waals surface area contributed by atoms with Gasteiger partial charge in [0, 0.05) is 5.56 Å². The van der Waals surface area contributed by atoms with E-state index in [0.717, 1.165) is 11.1 Å². The Morgan fingerprint density at radius 2 is 1.84 bits per heavy atom. The Bertz CT molecular complexity index is 1180. The largest absolute Gasteiger partial charge is 0.495 e. The van der Waals surface area contributed by atoms with Gasteiger partial charge in [0.15, 0.2) is 8.32 Å². The predicted octanol–water partition coefficient (Wildman–Crippen LogP) is 6.35. The minimum atomic E-state index is -2.14. The molecular weight excluding hydrogens is 513 g/mol. The van der Waals surface area contributed by atoms with E-state index in [9.17, 15) is 14.0 Å². The molecule has 1 aliphatic heterocycles. The smallest absolute Gasteiger partial charge is 0.338 e. The SMILES string of the molecule is COC(=O)c1cccc2c1C[C@H](CO[Si](C)(C)C(C)(C)C)N(C(=O)Cc1c(F)ccc(OC)c1Cl)[C@H]2C. The minimum absolute atomic E-state index is 0.0194. The summed E-state index contributed by atoms with van der Waals surface area (Å²) in [6.07, 6.45) is 0.189. The van der Waals surface area contributed by atoms with Gasteiger partial charge in [0.05, 0.1) is 49.9 Å². The zero-order valence-electron chi connectivity index (χ0n) is 22.9. The van der Waals surface area contributed by atoms with E-state index in [1.165, 1.54) is 26.4 Å². The van der Waals surface area contributed by atoms with Crippen LogP contribution in [0.3, 0.4) is 0 Å². The third kappa shape index (κ3) is 5.86. The number of nitrogens with zero attached hydrogens (tertiary/aromatic N) is 1. The summed E-state index contributed by atoms with van der Waals surface area (Å²) in [6.45, 7) is 13.0. The summed E-state index contributed by atoms with van der Waals surface area (Å²) < 4.78 is 31.6. The zero-order chi connectivity index (χ0) is 27.7. The van der Waals surface area contributed by atoms with Crippen molar-refractivity contribution in [3.8, 4) is 5.75 Å². The molecule has 0 saturated carbocycles. The van der Waals surface area contributed by atoms with Crippen LogP contribution in [0.5, 0.6) is 5.75 Å². The van der Waals surface area contributed by atoms with E-state index in [2.05, 4.69) is 33.9 Å². The van der Waals surface area contributed by atoms with Crippen LogP contribution in [0.2, 0.25) is 23.2 Å². The molecule has 2 aromatic rings. The zero-order valence-corrected chi connectivity index (χ0v) is 24.7. The molecule has 3 rings (SSSR count). The molecule has 2 atom stereocenters. The van der Waals surface area contributed by atoms with Gasteiger partial charge in [-0.05, 0) is 60.8 Å². The number of carbonyl (C=O) groups excluding carboxylic acids is 2. The number of ether oxygens (including phenoxy) is 2. The standard InChI is InChI=1S/C28H37ClFNO5Si/c1-17-19-10-9-11-20(27(33)35-6)21(19)14-18(16-36-37(7,8)28(2,3)4)31(17)25(32)15-22-23(30)12-13-24(34-5)26(22)29/h9-13,17-18H,14-16H2,1-8H3/t17-,18+/m0/s1. The molecule has 2 aromatic carbocycles. The van der Waals surface area contributed by atoms with Gasteiger partial charge in [-0.15, -0.1) is 0 Å². The fraction of sp³-hybridized carbons (Fsp3) is 0.500. The molecule has 0 fully saturated rings. The summed E-state index contributed by atoms with van der Waals surface area (Å²) in [5.41, 5.74) is 2.28. The van der Waals surface area contributed by atoms with E-state index >= 15 is 0 Å². The lowest BCUT2D eigenvalue weighted by Crippen LogP contribution is -2.52. The fourth-order valence-corrected chi connectivity index (χ4v) is 5.88. The van der Waals surface area contributed by atoms with Crippen LogP contribution in [-0.4, -0.2) is 52.0 Å². The first-order valence-electron chi connectivity index (χ1n) is 12.4. The van der Waals surface area contributed by atoms with Crippen molar-refractivity contribution in [2.24, 2.45) is 0 Å². The average molecular weight is 550 g/mol. The molecule has 1 amide bonds. The van der Waals surface area contributed by atoms with Crippen molar-refractivity contribution in [1.82, 2.24) is 4.90 Å². The molecule has 37 heavy (non-hydrogen) atoms. The van der Waals surface area contributed by atoms with Crippen LogP contribution in [0.15, 0.2) is 30.3 Å². The molecule has 0 aliphatic carbocycles. The Morgan fingerprint density at radius 3 is 2.43 bits per heavy atom. The fourth-order valence-electron chi connectivity index (χ4n) is 4.54. The van der Waals surface area contributed by atoms with Gasteiger partial charge in [-0.25, -0.2) is 9.18 Å². The van der Waals surface area contributed by atoms with Crippen LogP contribution in [0, 0.1) is 5.82 Å². The molecule has 6 nitrogen and oxygen atoms in total. The molecule has 202 valence electrons. The highest BCUT2D eigenvalue weighted by Crippen LogP contribution is 2.40. The van der Waals surface area contributed by atoms with Crippen molar-refractivity contribution in [3.63, 3.8) is 0 Å². The third-order valence-corrected chi connectivity index (χ3v) is 12.7. The van der Waals surface area contributed by atoms with E-state index < -0.39 is 20.1 Å². The maximum absolute atomic E-state index is 14.8. The summed E-state index contributed by atoms with van der Waals surface area (Å²) >= 11 is 6.39. The van der Waals surface area contributed by atoms with Crippen molar-refractivity contribution in [1.29, 1.82) is 0 Å². The second-order valence-electron chi connectivity index (χ2n) is 11.0. The lowest BCUT2D eigenvalue weighted by molar-refractivity contribution is -0.137. The Labute approximate surface area is 225 Å². The molecule has 0 radical (unpaired) electrons. The van der Waals surface area contributed by atoms with Gasteiger partial charge in [-0.1, -0.05) is 44.5 Å². The van der Waals surface area contributed by atoms with Crippen LogP contribution >= 0.6 is 11.6 Å². The second kappa shape index (κ2) is 11.1. The quantitative estimate of drug-likeness (QED) is 0.297. The van der Waals surface area contributed by atoms with Crippen LogP contribution in [0.1, 0.15) is 60.8 Å². The lowest BCUT2D eigenvalue weighted by atomic mass is 9.85. The number of methoxy groups -OCH3 is 2. The Kier molecular flexibility index (Phi) is 8.77. The minimum Gasteiger partial charge on any atom is -0.495 e. The monoisotopic (exact) mass is 549 g/mol. The molecule has 0 spiro atoms. The predicted molar refractivity (Wildman–Crippen MR) is 145 cm³/mol. The maximum Gasteiger partial charge on any atom is 0.338 e. The number of halogens is 2. The van der Waals surface area contributed by atoms with Crippen LogP contribution < -0.4 is 4.74 Å². The Hall–Kier alpha value is -2.42. The van der Waals surface area contributed by atoms with Gasteiger partial charge in [-0.2, -0.15) is 0 Å². The van der Waals surface area contributed by atoms with Gasteiger partial charge < -0.3 is 18.8 Å². The van der Waals surface area contributed by atoms with Crippen LogP contribution in [-0.2, 0) is 26.8 Å². The van der Waals surface area contributed by atoms with Crippen molar-refractivity contribution in [2.45, 2.75) is 70.8 Å². The lowest BCUT2D eigenvalue weighted by Gasteiger charge is -2.44. The molecular formula is C28H37ClFNO5Si. The summed E-state index contributed by atoms with van der Waals surface area (Å²) in [5, 5.41) is 0.0667. The van der Waals surface area contributed by atoms with Gasteiger partial charge in [0.2, 0.25) is 5.91 Å². The van der Waals surface area contributed by atoms with Crippen molar-refractivity contribution >= 4 is 31.8 Å². The maximum atomic E-state index is 14.8. The average Bonchev–Trinajstić information content (AvgIpc) is 2.83. The molecule has 0 aromatic heterocycles. The number of hydrogen-bond donors (Lipinski definition) is 0. The highest BCUT2D eigenvalue weighted by atomic mass is 35.5. The highest BCUT2D eigenvalue weighted by molar-refractivity contribution is 6.74. The number of amides is 1. The number of carbonyl (C=O) groups is 2. The number of fused-ring (bicyclic) bond motifs is 1. The second-order valence-corrected chi connectivity index (χ2v) is 16.2. The first kappa shape index (κ1) is 29.1. The summed E-state index contributed by atoms with van der Waals surface area (Å²) in [4.78, 5) is 28.1. The molecule has 0 unspecified atom stereocenters. The van der Waals surface area contributed by atoms with E-state index in [4.69, 9.17) is 25.5 Å². The van der Waals surface area contributed by atoms with Gasteiger partial charge in [0.25, 0.3) is 0 Å². The van der Waals surface area contributed by atoms with Crippen molar-refractivity contribution in [3.05, 3.63) is 63.4 Å². The highest BCUT2D eigenvalue weighted by Gasteiger charge is 2.41. The number of benzene rings is 2. The normalized spacial score (nSPS) is 17.8. The van der Waals surface area contributed by atoms with Gasteiger partial charge in [-0.3, -0.25) is 4.79 Å². The summed E-state index contributed by atoms with van der Waals surface area (Å²) in [5.74, 6) is -0.952. The number of esters is 1. The molecule has 1 aliphatic rings. The Morgan fingerprint density at radius 1 is 1.16 bits per heavy atom. The van der Waals surface area contributed by atoms with Crippen molar-refractivity contribution in [2.75, 3.05) is 20.8 Å². The Balaban J connectivity index is 2.03. The van der Waals surface area contributed by atoms with E-state index in [1.54, 1.807) is 17.0 Å². The van der Waals surface area contributed by atoms with Gasteiger partial charge in [0.1, 0.15) is 11.6 Å². The molecule has 9 heteroatoms. The molecule has 0 N–H and O–H groups in total. The number of hydrogen-bond acceptors (Lipinski definition) is 5. The molecule has 0 bridgehead atoms. The van der Waals surface area contributed by atoms with Crippen molar-refractivity contribution < 1.29 is 27.9 Å². The molecule has 0 saturated heterocycles. The van der Waals surface area contributed by atoms with E-state index in [-0.39, 0.29) is 40.0 Å². The molecule has 1 heterocycles. The summed E-state index contributed by atoms with van der Waals surface area (Å²) in [6, 6.07) is 7.40. The van der Waals surface area contributed by atoms with Gasteiger partial charge >= 0.3 is 5.97 Å². The number of rotatable bonds is 7. The van der Waals surface area contributed by atoms with Crippen LogP contribution in [0.25, 0.3) is 0 Å². The summed E-state index contributed by atoms with van der Waals surface area (Å²) in [7, 11) is 0.661. The topological polar surface area (TPSA) is 65.1 Å².